The first-order valence-corrected chi connectivity index (χ1v) is 13.0. The Kier molecular flexibility index (Phi) is 7.34. The largest absolute Gasteiger partial charge is 0.277 e. The van der Waals surface area contributed by atoms with Crippen LogP contribution >= 0.6 is 22.9 Å². The van der Waals surface area contributed by atoms with Gasteiger partial charge in [0.15, 0.2) is 5.82 Å². The van der Waals surface area contributed by atoms with Crippen LogP contribution in [0.4, 0.5) is 10.1 Å². The topological polar surface area (TPSA) is 97.7 Å². The highest BCUT2D eigenvalue weighted by Gasteiger charge is 2.24. The van der Waals surface area contributed by atoms with Gasteiger partial charge in [-0.25, -0.2) is 27.8 Å². The molecular weight excluding hydrogens is 509 g/mol. The van der Waals surface area contributed by atoms with Gasteiger partial charge in [0.1, 0.15) is 9.90 Å². The lowest BCUT2D eigenvalue weighted by atomic mass is 10.1. The van der Waals surface area contributed by atoms with Crippen LogP contribution in [-0.4, -0.2) is 28.4 Å². The maximum atomic E-state index is 15.7. The summed E-state index contributed by atoms with van der Waals surface area (Å²) in [5.74, 6) is -0.922. The van der Waals surface area contributed by atoms with Gasteiger partial charge in [-0.15, -0.1) is 24.5 Å². The van der Waals surface area contributed by atoms with Crippen molar-refractivity contribution in [3.8, 4) is 21.8 Å². The zero-order valence-electron chi connectivity index (χ0n) is 18.2. The van der Waals surface area contributed by atoms with Crippen LogP contribution in [0.5, 0.6) is 0 Å². The highest BCUT2D eigenvalue weighted by Crippen LogP contribution is 2.41. The Morgan fingerprint density at radius 3 is 2.66 bits per heavy atom. The second-order valence-electron chi connectivity index (χ2n) is 7.27. The van der Waals surface area contributed by atoms with Crippen LogP contribution in [0.15, 0.2) is 85.2 Å². The third kappa shape index (κ3) is 5.29. The number of hydrogen-bond acceptors (Lipinski definition) is 7. The van der Waals surface area contributed by atoms with E-state index in [2.05, 4.69) is 32.8 Å². The summed E-state index contributed by atoms with van der Waals surface area (Å²) < 4.78 is 43.5. The monoisotopic (exact) mass is 527 g/mol. The number of rotatable bonds is 9. The Bertz CT molecular complexity index is 1490. The molecule has 7 nitrogen and oxygen atoms in total. The maximum Gasteiger partial charge on any atom is 0.263 e. The lowest BCUT2D eigenvalue weighted by Crippen LogP contribution is -2.14. The summed E-state index contributed by atoms with van der Waals surface area (Å²) >= 11 is 7.32. The predicted molar refractivity (Wildman–Crippen MR) is 136 cm³/mol. The van der Waals surface area contributed by atoms with Crippen molar-refractivity contribution in [1.82, 2.24) is 19.9 Å². The molecule has 0 bridgehead atoms. The van der Waals surface area contributed by atoms with Gasteiger partial charge in [0.05, 0.1) is 22.0 Å². The van der Waals surface area contributed by atoms with Crippen molar-refractivity contribution in [1.29, 1.82) is 0 Å². The Balaban J connectivity index is 1.84. The number of anilines is 1. The van der Waals surface area contributed by atoms with Crippen molar-refractivity contribution in [2.45, 2.75) is 17.2 Å². The van der Waals surface area contributed by atoms with Crippen LogP contribution < -0.4 is 4.72 Å². The first-order chi connectivity index (χ1) is 16.8. The minimum atomic E-state index is -4.05. The minimum absolute atomic E-state index is 0.0354. The minimum Gasteiger partial charge on any atom is -0.277 e. The van der Waals surface area contributed by atoms with Gasteiger partial charge in [-0.05, 0) is 48.4 Å². The molecule has 3 heterocycles. The van der Waals surface area contributed by atoms with E-state index in [1.54, 1.807) is 24.3 Å². The Labute approximate surface area is 211 Å². The van der Waals surface area contributed by atoms with Gasteiger partial charge in [-0.3, -0.25) is 9.71 Å². The Morgan fingerprint density at radius 1 is 1.14 bits per heavy atom. The normalized spacial score (nSPS) is 12.2. The van der Waals surface area contributed by atoms with E-state index in [0.29, 0.717) is 27.7 Å². The third-order valence-electron chi connectivity index (χ3n) is 4.97. The van der Waals surface area contributed by atoms with Gasteiger partial charge in [0, 0.05) is 30.1 Å². The lowest BCUT2D eigenvalue weighted by molar-refractivity contribution is 0.598. The molecule has 0 saturated heterocycles. The molecule has 1 aromatic carbocycles. The zero-order valence-corrected chi connectivity index (χ0v) is 20.6. The number of nitrogens with zero attached hydrogens (tertiary/aromatic N) is 4. The molecule has 3 aromatic heterocycles. The second kappa shape index (κ2) is 10.4. The lowest BCUT2D eigenvalue weighted by Gasteiger charge is -2.11. The van der Waals surface area contributed by atoms with Crippen molar-refractivity contribution < 1.29 is 12.8 Å². The number of thiazole rings is 1. The summed E-state index contributed by atoms with van der Waals surface area (Å²) in [5, 5.41) is 0.716. The molecular formula is C24H19ClFN5O2S2. The predicted octanol–water partition coefficient (Wildman–Crippen LogP) is 6.10. The molecule has 1 atom stereocenters. The number of pyridine rings is 1. The first-order valence-electron chi connectivity index (χ1n) is 10.3. The molecule has 4 aromatic rings. The van der Waals surface area contributed by atoms with E-state index >= 15 is 4.39 Å². The SMILES string of the molecule is C=CCC(C=C)c1nc(-c2cccc(NS(=O)(=O)c3cccnc3)c2F)c(-c2ccnc(Cl)n2)s1. The number of hydrogen-bond donors (Lipinski definition) is 1. The molecule has 178 valence electrons. The van der Waals surface area contributed by atoms with Crippen LogP contribution in [0.25, 0.3) is 21.8 Å². The number of allylic oxidation sites excluding steroid dienone is 2. The molecule has 35 heavy (non-hydrogen) atoms. The van der Waals surface area contributed by atoms with Crippen molar-refractivity contribution >= 4 is 38.6 Å². The van der Waals surface area contributed by atoms with Crippen LogP contribution in [0.1, 0.15) is 17.3 Å². The quantitative estimate of drug-likeness (QED) is 0.208. The van der Waals surface area contributed by atoms with Gasteiger partial charge in [-0.2, -0.15) is 0 Å². The molecule has 1 N–H and O–H groups in total. The standard InChI is InChI=1S/C24H19ClFN5O2S2/c1-3-7-15(4-2)23-30-21(22(34-23)19-11-13-28-24(25)29-19)17-9-5-10-18(20(17)26)31-35(32,33)16-8-6-12-27-14-16/h3-6,8-15,31H,1-2,7H2. The molecule has 0 radical (unpaired) electrons. The number of aromatic nitrogens is 4. The number of halogens is 2. The summed E-state index contributed by atoms with van der Waals surface area (Å²) in [5.41, 5.74) is 0.644. The van der Waals surface area contributed by atoms with Crippen molar-refractivity contribution in [3.05, 3.63) is 96.4 Å². The molecule has 0 amide bonds. The van der Waals surface area contributed by atoms with Crippen molar-refractivity contribution in [2.75, 3.05) is 4.72 Å². The van der Waals surface area contributed by atoms with Gasteiger partial charge in [0.25, 0.3) is 10.0 Å². The summed E-state index contributed by atoms with van der Waals surface area (Å²) in [6, 6.07) is 8.91. The van der Waals surface area contributed by atoms with Crippen molar-refractivity contribution in [2.24, 2.45) is 0 Å². The molecule has 0 fully saturated rings. The Morgan fingerprint density at radius 2 is 1.97 bits per heavy atom. The van der Waals surface area contributed by atoms with E-state index < -0.39 is 15.8 Å². The zero-order chi connectivity index (χ0) is 25.0. The number of sulfonamides is 1. The molecule has 0 spiro atoms. The van der Waals surface area contributed by atoms with Gasteiger partial charge < -0.3 is 0 Å². The molecule has 1 unspecified atom stereocenters. The van der Waals surface area contributed by atoms with Crippen LogP contribution in [0.3, 0.4) is 0 Å². The van der Waals surface area contributed by atoms with E-state index in [9.17, 15) is 8.42 Å². The molecule has 0 aliphatic rings. The van der Waals surface area contributed by atoms with Gasteiger partial charge in [0.2, 0.25) is 5.28 Å². The maximum absolute atomic E-state index is 15.7. The highest BCUT2D eigenvalue weighted by atomic mass is 35.5. The fraction of sp³-hybridized carbons (Fsp3) is 0.0833. The molecule has 4 rings (SSSR count). The summed E-state index contributed by atoms with van der Waals surface area (Å²) in [6.07, 6.45) is 8.22. The highest BCUT2D eigenvalue weighted by molar-refractivity contribution is 7.92. The van der Waals surface area contributed by atoms with Crippen LogP contribution in [-0.2, 0) is 10.0 Å². The summed E-state index contributed by atoms with van der Waals surface area (Å²) in [6.45, 7) is 7.65. The molecule has 0 aliphatic heterocycles. The van der Waals surface area contributed by atoms with E-state index in [1.165, 1.54) is 54.2 Å². The van der Waals surface area contributed by atoms with Gasteiger partial charge in [-0.1, -0.05) is 18.2 Å². The number of benzene rings is 1. The second-order valence-corrected chi connectivity index (χ2v) is 10.3. The summed E-state index contributed by atoms with van der Waals surface area (Å²) in [7, 11) is -4.05. The smallest absolute Gasteiger partial charge is 0.263 e. The molecule has 11 heteroatoms. The van der Waals surface area contributed by atoms with E-state index in [1.807, 2.05) is 0 Å². The van der Waals surface area contributed by atoms with E-state index in [-0.39, 0.29) is 27.3 Å². The van der Waals surface area contributed by atoms with E-state index in [0.717, 1.165) is 0 Å². The number of nitrogens with one attached hydrogen (secondary N) is 1. The average molecular weight is 528 g/mol. The first kappa shape index (κ1) is 24.6. The van der Waals surface area contributed by atoms with Gasteiger partial charge >= 0.3 is 0 Å². The Hall–Kier alpha value is -3.47. The average Bonchev–Trinajstić information content (AvgIpc) is 3.29. The summed E-state index contributed by atoms with van der Waals surface area (Å²) in [4.78, 5) is 17.2. The molecule has 0 aliphatic carbocycles. The van der Waals surface area contributed by atoms with Crippen LogP contribution in [0, 0.1) is 5.82 Å². The fourth-order valence-corrected chi connectivity index (χ4v) is 5.62. The van der Waals surface area contributed by atoms with Crippen molar-refractivity contribution in [3.63, 3.8) is 0 Å². The fourth-order valence-electron chi connectivity index (χ4n) is 3.29. The third-order valence-corrected chi connectivity index (χ3v) is 7.71. The van der Waals surface area contributed by atoms with Crippen LogP contribution in [0.2, 0.25) is 5.28 Å². The van der Waals surface area contributed by atoms with E-state index in [4.69, 9.17) is 16.6 Å². The molecule has 0 saturated carbocycles.